The summed E-state index contributed by atoms with van der Waals surface area (Å²) in [4.78, 5) is 0. The van der Waals surface area contributed by atoms with E-state index in [1.807, 2.05) is 6.08 Å². The highest BCUT2D eigenvalue weighted by Crippen LogP contribution is 2.46. The van der Waals surface area contributed by atoms with E-state index in [0.29, 0.717) is 6.92 Å². The Labute approximate surface area is 81.7 Å². The minimum Gasteiger partial charge on any atom is -0.432 e. The molecule has 0 N–H and O–H groups in total. The Morgan fingerprint density at radius 3 is 2.15 bits per heavy atom. The van der Waals surface area contributed by atoms with Gasteiger partial charge < -0.3 is 4.65 Å². The smallest absolute Gasteiger partial charge is 0.299 e. The molecule has 0 aromatic heterocycles. The van der Waals surface area contributed by atoms with Crippen molar-refractivity contribution in [2.45, 2.75) is 50.2 Å². The molecule has 2 rings (SSSR count). The number of fused-ring (bicyclic) bond motifs is 2. The van der Waals surface area contributed by atoms with Crippen LogP contribution in [0.2, 0.25) is 11.6 Å². The van der Waals surface area contributed by atoms with E-state index in [4.69, 9.17) is 4.65 Å². The largest absolute Gasteiger partial charge is 0.432 e. The Hall–Kier alpha value is -0.235. The van der Waals surface area contributed by atoms with E-state index in [9.17, 15) is 0 Å². The maximum Gasteiger partial charge on any atom is 0.299 e. The second-order valence-electron chi connectivity index (χ2n) is 4.47. The molecule has 0 aliphatic carbocycles. The van der Waals surface area contributed by atoms with Crippen molar-refractivity contribution >= 4 is 6.92 Å². The third kappa shape index (κ3) is 1.99. The minimum atomic E-state index is 0.570. The van der Waals surface area contributed by atoms with Crippen molar-refractivity contribution in [1.29, 1.82) is 0 Å². The van der Waals surface area contributed by atoms with E-state index < -0.39 is 0 Å². The average molecular weight is 178 g/mol. The highest BCUT2D eigenvalue weighted by molar-refractivity contribution is 6.56. The minimum absolute atomic E-state index is 0.570. The zero-order chi connectivity index (χ0) is 9.10. The van der Waals surface area contributed by atoms with E-state index in [0.717, 1.165) is 18.2 Å². The monoisotopic (exact) mass is 178 g/mol. The molecule has 2 heterocycles. The molecular formula is C11H19BO. The van der Waals surface area contributed by atoms with E-state index in [2.05, 4.69) is 6.58 Å². The van der Waals surface area contributed by atoms with Crippen LogP contribution in [0, 0.1) is 0 Å². The van der Waals surface area contributed by atoms with Gasteiger partial charge in [-0.25, -0.2) is 0 Å². The summed E-state index contributed by atoms with van der Waals surface area (Å²) in [6, 6.07) is 0. The predicted molar refractivity (Wildman–Crippen MR) is 57.1 cm³/mol. The first-order valence-corrected chi connectivity index (χ1v) is 5.64. The summed E-state index contributed by atoms with van der Waals surface area (Å²) in [5.41, 5.74) is 0. The molecule has 2 bridgehead atoms. The van der Waals surface area contributed by atoms with Crippen LogP contribution in [0.1, 0.15) is 38.5 Å². The predicted octanol–water partition coefficient (Wildman–Crippen LogP) is 3.29. The fourth-order valence-corrected chi connectivity index (χ4v) is 3.07. The van der Waals surface area contributed by atoms with Crippen molar-refractivity contribution in [2.24, 2.45) is 0 Å². The third-order valence-electron chi connectivity index (χ3n) is 3.64. The summed E-state index contributed by atoms with van der Waals surface area (Å²) >= 11 is 0. The lowest BCUT2D eigenvalue weighted by Gasteiger charge is -2.39. The number of hydrogen-bond acceptors (Lipinski definition) is 1. The Morgan fingerprint density at radius 2 is 1.69 bits per heavy atom. The first kappa shape index (κ1) is 9.33. The number of rotatable bonds is 3. The van der Waals surface area contributed by atoms with Gasteiger partial charge in [-0.05, 0) is 11.6 Å². The van der Waals surface area contributed by atoms with E-state index >= 15 is 0 Å². The van der Waals surface area contributed by atoms with Gasteiger partial charge in [0.05, 0.1) is 0 Å². The van der Waals surface area contributed by atoms with Gasteiger partial charge in [0.2, 0.25) is 0 Å². The lowest BCUT2D eigenvalue weighted by molar-refractivity contribution is 0.297. The van der Waals surface area contributed by atoms with Crippen LogP contribution in [0.4, 0.5) is 0 Å². The van der Waals surface area contributed by atoms with E-state index in [1.54, 1.807) is 0 Å². The van der Waals surface area contributed by atoms with Gasteiger partial charge in [0.15, 0.2) is 0 Å². The molecule has 1 nitrogen and oxygen atoms in total. The Balaban J connectivity index is 1.94. The third-order valence-corrected chi connectivity index (χ3v) is 3.64. The van der Waals surface area contributed by atoms with Crippen LogP contribution in [-0.4, -0.2) is 13.5 Å². The molecule has 0 saturated carbocycles. The standard InChI is InChI=1S/C11H19BO/c1-2-9-13-12-10-5-3-6-11(12)8-4-7-10/h2,10-11H,1,3-9H2. The van der Waals surface area contributed by atoms with Gasteiger partial charge in [-0.2, -0.15) is 0 Å². The molecule has 2 aliphatic rings. The summed E-state index contributed by atoms with van der Waals surface area (Å²) in [5, 5.41) is 0. The first-order valence-electron chi connectivity index (χ1n) is 5.64. The molecule has 13 heavy (non-hydrogen) atoms. The fraction of sp³-hybridized carbons (Fsp3) is 0.818. The molecule has 0 unspecified atom stereocenters. The molecule has 2 heteroatoms. The van der Waals surface area contributed by atoms with Crippen molar-refractivity contribution in [3.63, 3.8) is 0 Å². The average Bonchev–Trinajstić information content (AvgIpc) is 2.14. The molecule has 0 spiro atoms. The van der Waals surface area contributed by atoms with Gasteiger partial charge in [0.25, 0.3) is 6.92 Å². The van der Waals surface area contributed by atoms with Crippen LogP contribution in [0.3, 0.4) is 0 Å². The van der Waals surface area contributed by atoms with Crippen molar-refractivity contribution in [1.82, 2.24) is 0 Å². The van der Waals surface area contributed by atoms with Crippen LogP contribution in [-0.2, 0) is 4.65 Å². The normalized spacial score (nSPS) is 33.1. The highest BCUT2D eigenvalue weighted by atomic mass is 16.4. The topological polar surface area (TPSA) is 9.23 Å². The summed E-state index contributed by atoms with van der Waals surface area (Å²) in [6.07, 6.45) is 10.4. The molecule has 2 fully saturated rings. The Morgan fingerprint density at radius 1 is 1.15 bits per heavy atom. The molecule has 0 radical (unpaired) electrons. The van der Waals surface area contributed by atoms with Crippen molar-refractivity contribution in [3.05, 3.63) is 12.7 Å². The maximum atomic E-state index is 5.88. The molecule has 0 amide bonds. The zero-order valence-electron chi connectivity index (χ0n) is 8.37. The van der Waals surface area contributed by atoms with Gasteiger partial charge in [-0.15, -0.1) is 6.58 Å². The summed E-state index contributed by atoms with van der Waals surface area (Å²) < 4.78 is 5.88. The molecule has 2 aliphatic heterocycles. The van der Waals surface area contributed by atoms with Crippen molar-refractivity contribution in [2.75, 3.05) is 6.61 Å². The fourth-order valence-electron chi connectivity index (χ4n) is 3.07. The van der Waals surface area contributed by atoms with E-state index in [1.165, 1.54) is 38.5 Å². The van der Waals surface area contributed by atoms with Gasteiger partial charge in [0.1, 0.15) is 0 Å². The summed E-state index contributed by atoms with van der Waals surface area (Å²) in [5.74, 6) is 1.74. The van der Waals surface area contributed by atoms with Gasteiger partial charge in [0, 0.05) is 6.61 Å². The molecule has 0 aromatic carbocycles. The van der Waals surface area contributed by atoms with Crippen molar-refractivity contribution < 1.29 is 4.65 Å². The second-order valence-corrected chi connectivity index (χ2v) is 4.47. The molecule has 0 aromatic rings. The number of hydrogen-bond donors (Lipinski definition) is 0. The van der Waals surface area contributed by atoms with E-state index in [-0.39, 0.29) is 0 Å². The van der Waals surface area contributed by atoms with Crippen LogP contribution < -0.4 is 0 Å². The molecule has 72 valence electrons. The lowest BCUT2D eigenvalue weighted by atomic mass is 9.38. The second kappa shape index (κ2) is 4.32. The quantitative estimate of drug-likeness (QED) is 0.476. The summed E-state index contributed by atoms with van der Waals surface area (Å²) in [7, 11) is 0. The summed E-state index contributed by atoms with van der Waals surface area (Å²) in [6.45, 7) is 5.03. The molecular weight excluding hydrogens is 159 g/mol. The maximum absolute atomic E-state index is 5.88. The SMILES string of the molecule is C=CCOB1C2CCCC1CCC2. The first-order chi connectivity index (χ1) is 6.42. The molecule has 0 atom stereocenters. The molecule has 2 saturated heterocycles. The van der Waals surface area contributed by atoms with Crippen LogP contribution in [0.5, 0.6) is 0 Å². The lowest BCUT2D eigenvalue weighted by Crippen LogP contribution is -2.37. The van der Waals surface area contributed by atoms with Gasteiger partial charge >= 0.3 is 0 Å². The van der Waals surface area contributed by atoms with Crippen LogP contribution in [0.25, 0.3) is 0 Å². The van der Waals surface area contributed by atoms with Crippen LogP contribution >= 0.6 is 0 Å². The Bertz CT molecular complexity index is 159. The van der Waals surface area contributed by atoms with Gasteiger partial charge in [-0.1, -0.05) is 44.6 Å². The Kier molecular flexibility index (Phi) is 3.10. The zero-order valence-corrected chi connectivity index (χ0v) is 8.37. The van der Waals surface area contributed by atoms with Crippen LogP contribution in [0.15, 0.2) is 12.7 Å². The highest BCUT2D eigenvalue weighted by Gasteiger charge is 2.40. The van der Waals surface area contributed by atoms with Gasteiger partial charge in [-0.3, -0.25) is 0 Å². The van der Waals surface area contributed by atoms with Crippen molar-refractivity contribution in [3.8, 4) is 0 Å².